The third-order valence-corrected chi connectivity index (χ3v) is 8.14. The molecule has 176 valence electrons. The molecule has 0 amide bonds. The number of anilines is 1. The quantitative estimate of drug-likeness (QED) is 0.544. The molecule has 0 bridgehead atoms. The van der Waals surface area contributed by atoms with Crippen molar-refractivity contribution in [1.29, 1.82) is 0 Å². The first-order valence-electron chi connectivity index (χ1n) is 11.2. The third-order valence-electron chi connectivity index (χ3n) is 6.10. The summed E-state index contributed by atoms with van der Waals surface area (Å²) in [6.45, 7) is 9.94. The Morgan fingerprint density at radius 2 is 1.76 bits per heavy atom. The standard InChI is InChI=1S/C25H30N2O5S/c1-16(2)21-14-22-19(12-25(28)32-23(22)11-18(21)4)15-26-20-6-5-17(3)24(13-20)33(29,30)27-7-9-31-10-8-27/h5-6,11-14,16,26H,7-10,15H2,1-4H3. The fourth-order valence-corrected chi connectivity index (χ4v) is 5.93. The summed E-state index contributed by atoms with van der Waals surface area (Å²) in [6.07, 6.45) is 0. The van der Waals surface area contributed by atoms with Gasteiger partial charge in [-0.1, -0.05) is 19.9 Å². The van der Waals surface area contributed by atoms with Gasteiger partial charge in [-0.05, 0) is 66.3 Å². The Morgan fingerprint density at radius 1 is 1.03 bits per heavy atom. The lowest BCUT2D eigenvalue weighted by atomic mass is 9.95. The number of hydrogen-bond donors (Lipinski definition) is 1. The molecule has 0 spiro atoms. The summed E-state index contributed by atoms with van der Waals surface area (Å²) in [5, 5.41) is 4.18. The first-order chi connectivity index (χ1) is 15.7. The molecule has 8 heteroatoms. The van der Waals surface area contributed by atoms with Gasteiger partial charge < -0.3 is 14.5 Å². The van der Waals surface area contributed by atoms with Crippen LogP contribution in [-0.4, -0.2) is 39.0 Å². The summed E-state index contributed by atoms with van der Waals surface area (Å²) in [6, 6.07) is 10.8. The van der Waals surface area contributed by atoms with Crippen LogP contribution >= 0.6 is 0 Å². The molecule has 4 rings (SSSR count). The van der Waals surface area contributed by atoms with E-state index in [4.69, 9.17) is 9.15 Å². The molecule has 0 radical (unpaired) electrons. The van der Waals surface area contributed by atoms with Gasteiger partial charge in [0.15, 0.2) is 0 Å². The van der Waals surface area contributed by atoms with Crippen molar-refractivity contribution in [2.24, 2.45) is 0 Å². The number of aryl methyl sites for hydroxylation is 2. The lowest BCUT2D eigenvalue weighted by molar-refractivity contribution is 0.0730. The molecule has 1 aliphatic heterocycles. The lowest BCUT2D eigenvalue weighted by Crippen LogP contribution is -2.40. The van der Waals surface area contributed by atoms with Gasteiger partial charge in [-0.25, -0.2) is 13.2 Å². The van der Waals surface area contributed by atoms with Crippen LogP contribution < -0.4 is 10.9 Å². The molecule has 1 fully saturated rings. The monoisotopic (exact) mass is 470 g/mol. The zero-order valence-electron chi connectivity index (χ0n) is 19.5. The molecule has 1 aliphatic rings. The predicted molar refractivity (Wildman–Crippen MR) is 129 cm³/mol. The van der Waals surface area contributed by atoms with Crippen molar-refractivity contribution in [3.05, 3.63) is 69.1 Å². The van der Waals surface area contributed by atoms with E-state index in [2.05, 4.69) is 25.2 Å². The number of sulfonamides is 1. The van der Waals surface area contributed by atoms with Crippen LogP contribution in [-0.2, 0) is 21.3 Å². The summed E-state index contributed by atoms with van der Waals surface area (Å²) in [4.78, 5) is 12.4. The largest absolute Gasteiger partial charge is 0.423 e. The van der Waals surface area contributed by atoms with Crippen LogP contribution in [0.3, 0.4) is 0 Å². The highest BCUT2D eigenvalue weighted by atomic mass is 32.2. The van der Waals surface area contributed by atoms with E-state index in [1.54, 1.807) is 19.1 Å². The number of ether oxygens (including phenoxy) is 1. The van der Waals surface area contributed by atoms with Crippen LogP contribution in [0.15, 0.2) is 50.5 Å². The molecule has 3 aromatic rings. The van der Waals surface area contributed by atoms with Gasteiger partial charge in [-0.2, -0.15) is 4.31 Å². The Hall–Kier alpha value is -2.68. The van der Waals surface area contributed by atoms with E-state index in [-0.39, 0.29) is 4.90 Å². The second kappa shape index (κ2) is 9.29. The Bertz CT molecular complexity index is 1340. The van der Waals surface area contributed by atoms with E-state index in [0.29, 0.717) is 55.6 Å². The number of nitrogens with zero attached hydrogens (tertiary/aromatic N) is 1. The normalized spacial score (nSPS) is 15.3. The summed E-state index contributed by atoms with van der Waals surface area (Å²) in [7, 11) is -3.61. The van der Waals surface area contributed by atoms with Gasteiger partial charge in [-0.3, -0.25) is 0 Å². The van der Waals surface area contributed by atoms with Crippen molar-refractivity contribution >= 4 is 26.7 Å². The molecule has 33 heavy (non-hydrogen) atoms. The minimum Gasteiger partial charge on any atom is -0.423 e. The number of nitrogens with one attached hydrogen (secondary N) is 1. The average molecular weight is 471 g/mol. The van der Waals surface area contributed by atoms with Gasteiger partial charge in [0.05, 0.1) is 18.1 Å². The zero-order valence-corrected chi connectivity index (χ0v) is 20.3. The molecule has 2 heterocycles. The smallest absolute Gasteiger partial charge is 0.336 e. The molecule has 2 aromatic carbocycles. The van der Waals surface area contributed by atoms with Crippen LogP contribution in [0, 0.1) is 13.8 Å². The highest BCUT2D eigenvalue weighted by Crippen LogP contribution is 2.28. The molecule has 0 saturated carbocycles. The molecule has 1 aromatic heterocycles. The maximum atomic E-state index is 13.2. The number of hydrogen-bond acceptors (Lipinski definition) is 6. The maximum absolute atomic E-state index is 13.2. The number of fused-ring (bicyclic) bond motifs is 1. The van der Waals surface area contributed by atoms with E-state index in [1.165, 1.54) is 15.9 Å². The molecule has 1 saturated heterocycles. The van der Waals surface area contributed by atoms with Gasteiger partial charge in [0.2, 0.25) is 10.0 Å². The topological polar surface area (TPSA) is 88.8 Å². The Morgan fingerprint density at radius 3 is 2.45 bits per heavy atom. The molecule has 0 unspecified atom stereocenters. The van der Waals surface area contributed by atoms with Gasteiger partial charge >= 0.3 is 5.63 Å². The molecule has 7 nitrogen and oxygen atoms in total. The van der Waals surface area contributed by atoms with E-state index in [1.807, 2.05) is 19.1 Å². The fraction of sp³-hybridized carbons (Fsp3) is 0.400. The highest BCUT2D eigenvalue weighted by molar-refractivity contribution is 7.89. The van der Waals surface area contributed by atoms with Crippen LogP contribution in [0.4, 0.5) is 5.69 Å². The number of benzene rings is 2. The Labute approximate surface area is 194 Å². The van der Waals surface area contributed by atoms with E-state index >= 15 is 0 Å². The van der Waals surface area contributed by atoms with Gasteiger partial charge in [0.1, 0.15) is 5.58 Å². The SMILES string of the molecule is Cc1cc2oc(=O)cc(CNc3ccc(C)c(S(=O)(=O)N4CCOCC4)c3)c2cc1C(C)C. The number of morpholine rings is 1. The summed E-state index contributed by atoms with van der Waals surface area (Å²) in [5.41, 5.74) is 4.60. The van der Waals surface area contributed by atoms with Crippen LogP contribution in [0.25, 0.3) is 11.0 Å². The highest BCUT2D eigenvalue weighted by Gasteiger charge is 2.28. The molecular weight excluding hydrogens is 440 g/mol. The molecule has 0 aliphatic carbocycles. The predicted octanol–water partition coefficient (Wildman–Crippen LogP) is 4.17. The number of rotatable bonds is 6. The fourth-order valence-electron chi connectivity index (χ4n) is 4.27. The second-order valence-corrected chi connectivity index (χ2v) is 10.7. The van der Waals surface area contributed by atoms with E-state index in [0.717, 1.165) is 16.5 Å². The van der Waals surface area contributed by atoms with Crippen LogP contribution in [0.5, 0.6) is 0 Å². The average Bonchev–Trinajstić information content (AvgIpc) is 2.78. The van der Waals surface area contributed by atoms with Crippen molar-refractivity contribution < 1.29 is 17.6 Å². The minimum absolute atomic E-state index is 0.282. The Kier molecular flexibility index (Phi) is 6.61. The van der Waals surface area contributed by atoms with Gasteiger partial charge in [-0.15, -0.1) is 0 Å². The molecule has 0 atom stereocenters. The minimum atomic E-state index is -3.61. The van der Waals surface area contributed by atoms with Crippen LogP contribution in [0.2, 0.25) is 0 Å². The third kappa shape index (κ3) is 4.83. The first kappa shape index (κ1) is 23.5. The maximum Gasteiger partial charge on any atom is 0.336 e. The van der Waals surface area contributed by atoms with Gasteiger partial charge in [0, 0.05) is 36.8 Å². The van der Waals surface area contributed by atoms with Crippen molar-refractivity contribution in [3.63, 3.8) is 0 Å². The summed E-state index contributed by atoms with van der Waals surface area (Å²) in [5.74, 6) is 0.340. The van der Waals surface area contributed by atoms with Crippen molar-refractivity contribution in [2.45, 2.75) is 45.1 Å². The summed E-state index contributed by atoms with van der Waals surface area (Å²) >= 11 is 0. The van der Waals surface area contributed by atoms with E-state index in [9.17, 15) is 13.2 Å². The van der Waals surface area contributed by atoms with Crippen molar-refractivity contribution in [1.82, 2.24) is 4.31 Å². The zero-order chi connectivity index (χ0) is 23.8. The molecular formula is C25H30N2O5S. The molecule has 1 N–H and O–H groups in total. The second-order valence-electron chi connectivity index (χ2n) is 8.80. The van der Waals surface area contributed by atoms with Crippen LogP contribution in [0.1, 0.15) is 42.0 Å². The van der Waals surface area contributed by atoms with E-state index < -0.39 is 15.6 Å². The lowest BCUT2D eigenvalue weighted by Gasteiger charge is -2.27. The van der Waals surface area contributed by atoms with Crippen molar-refractivity contribution in [3.8, 4) is 0 Å². The van der Waals surface area contributed by atoms with Crippen molar-refractivity contribution in [2.75, 3.05) is 31.6 Å². The summed E-state index contributed by atoms with van der Waals surface area (Å²) < 4.78 is 38.6. The Balaban J connectivity index is 1.65. The van der Waals surface area contributed by atoms with Gasteiger partial charge in [0.25, 0.3) is 0 Å². The first-order valence-corrected chi connectivity index (χ1v) is 12.6.